The van der Waals surface area contributed by atoms with E-state index in [-0.39, 0.29) is 22.7 Å². The Bertz CT molecular complexity index is 4460. The molecule has 6 aliphatic carbocycles. The lowest BCUT2D eigenvalue weighted by Crippen LogP contribution is -2.40. The molecule has 0 saturated carbocycles. The molecule has 0 aliphatic heterocycles. The van der Waals surface area contributed by atoms with E-state index in [2.05, 4.69) is 198 Å². The summed E-state index contributed by atoms with van der Waals surface area (Å²) in [5.41, 5.74) is 23.1. The first-order valence-electron chi connectivity index (χ1n) is 29.5. The van der Waals surface area contributed by atoms with Crippen molar-refractivity contribution >= 4 is 76.2 Å². The number of hydrogen-bond acceptors (Lipinski definition) is 2. The Labute approximate surface area is 446 Å². The fourth-order valence-corrected chi connectivity index (χ4v) is 17.1. The lowest BCUT2D eigenvalue weighted by atomic mass is 9.55. The predicted molar refractivity (Wildman–Crippen MR) is 315 cm³/mol. The van der Waals surface area contributed by atoms with Gasteiger partial charge in [0.15, 0.2) is 0 Å². The molecule has 6 aromatic heterocycles. The van der Waals surface area contributed by atoms with Crippen LogP contribution in [-0.2, 0) is 21.7 Å². The maximum atomic E-state index is 11.0. The fourth-order valence-electron chi connectivity index (χ4n) is 17.1. The monoisotopic (exact) mass is 985 g/mol. The van der Waals surface area contributed by atoms with Crippen LogP contribution in [0.15, 0.2) is 146 Å². The predicted octanol–water partition coefficient (Wildman–Crippen LogP) is 18.0. The molecule has 4 nitrogen and oxygen atoms in total. The first kappa shape index (κ1) is 41.7. The third-order valence-electron chi connectivity index (χ3n) is 21.2. The van der Waals surface area contributed by atoms with Crippen LogP contribution < -0.4 is 0 Å². The van der Waals surface area contributed by atoms with Gasteiger partial charge in [0.05, 0.1) is 70.5 Å². The summed E-state index contributed by atoms with van der Waals surface area (Å²) in [6, 6.07) is 47.2. The van der Waals surface area contributed by atoms with E-state index in [0.29, 0.717) is 12.1 Å². The third-order valence-corrected chi connectivity index (χ3v) is 21.2. The SMILES string of the molecule is [2H]c1c2c3cc(C(C)(CC)CCC)cc4c5c6c(ncc5n(c2c([2H])c2c5cc(C(C)(CC)CCC)cc7c8c9c(ncc8n(c12)c75)C1(C)c2ccccc2C9c2ccccc21)c43)C1(C)c2ccccc2C6c2ccccc21. The van der Waals surface area contributed by atoms with Crippen molar-refractivity contribution in [2.45, 2.75) is 127 Å². The van der Waals surface area contributed by atoms with Crippen molar-refractivity contribution in [2.75, 3.05) is 0 Å². The summed E-state index contributed by atoms with van der Waals surface area (Å²) < 4.78 is 26.8. The summed E-state index contributed by atoms with van der Waals surface area (Å²) in [5, 5.41) is 8.74. The zero-order valence-electron chi connectivity index (χ0n) is 46.9. The van der Waals surface area contributed by atoms with E-state index in [1.54, 1.807) is 0 Å². The summed E-state index contributed by atoms with van der Waals surface area (Å²) in [6.45, 7) is 19.0. The Hall–Kier alpha value is -7.56. The van der Waals surface area contributed by atoms with E-state index in [9.17, 15) is 2.74 Å². The van der Waals surface area contributed by atoms with Crippen LogP contribution in [-0.4, -0.2) is 18.8 Å². The Morgan fingerprint density at radius 1 is 0.474 bits per heavy atom. The minimum atomic E-state index is -0.437. The third kappa shape index (κ3) is 4.76. The second kappa shape index (κ2) is 14.3. The van der Waals surface area contributed by atoms with Gasteiger partial charge in [-0.1, -0.05) is 151 Å². The summed E-state index contributed by atoms with van der Waals surface area (Å²) in [4.78, 5) is 11.3. The van der Waals surface area contributed by atoms with Crippen molar-refractivity contribution < 1.29 is 2.74 Å². The van der Waals surface area contributed by atoms with Gasteiger partial charge < -0.3 is 8.80 Å². The maximum Gasteiger partial charge on any atom is 0.0728 e. The Kier molecular flexibility index (Phi) is 7.82. The minimum Gasteiger partial charge on any atom is -0.306 e. The van der Waals surface area contributed by atoms with Crippen LogP contribution in [0.1, 0.15) is 187 Å². The molecule has 0 spiro atoms. The summed E-state index contributed by atoms with van der Waals surface area (Å²) in [6.07, 6.45) is 10.5. The second-order valence-corrected chi connectivity index (χ2v) is 24.6. The Balaban J connectivity index is 1.06. The number of benzene rings is 7. The quantitative estimate of drug-likeness (QED) is 0.152. The van der Waals surface area contributed by atoms with E-state index in [4.69, 9.17) is 9.97 Å². The molecule has 6 aliphatic rings. The largest absolute Gasteiger partial charge is 0.306 e. The van der Waals surface area contributed by atoms with E-state index >= 15 is 0 Å². The van der Waals surface area contributed by atoms with Crippen molar-refractivity contribution in [3.63, 3.8) is 0 Å². The summed E-state index contributed by atoms with van der Waals surface area (Å²) >= 11 is 0. The second-order valence-electron chi connectivity index (χ2n) is 24.6. The molecule has 4 heteroatoms. The zero-order chi connectivity index (χ0) is 52.8. The van der Waals surface area contributed by atoms with Gasteiger partial charge in [0, 0.05) is 54.9 Å². The maximum absolute atomic E-state index is 11.0. The molecular formula is C72H62N4. The Morgan fingerprint density at radius 3 is 1.16 bits per heavy atom. The van der Waals surface area contributed by atoms with Crippen LogP contribution in [0.25, 0.3) is 76.2 Å². The van der Waals surface area contributed by atoms with Gasteiger partial charge >= 0.3 is 0 Å². The lowest BCUT2D eigenvalue weighted by Gasteiger charge is -2.48. The first-order chi connectivity index (χ1) is 37.9. The highest BCUT2D eigenvalue weighted by Gasteiger charge is 2.53. The van der Waals surface area contributed by atoms with Crippen molar-refractivity contribution in [1.82, 2.24) is 18.8 Å². The molecule has 0 amide bonds. The van der Waals surface area contributed by atoms with Crippen molar-refractivity contribution in [2.24, 2.45) is 0 Å². The van der Waals surface area contributed by atoms with Crippen molar-refractivity contribution in [3.05, 3.63) is 224 Å². The molecule has 0 radical (unpaired) electrons. The van der Waals surface area contributed by atoms with E-state index in [0.717, 1.165) is 105 Å². The normalized spacial score (nSPS) is 21.9. The molecule has 6 heterocycles. The van der Waals surface area contributed by atoms with Crippen LogP contribution in [0.4, 0.5) is 0 Å². The van der Waals surface area contributed by atoms with Crippen molar-refractivity contribution in [3.8, 4) is 0 Å². The topological polar surface area (TPSA) is 34.6 Å². The molecule has 76 heavy (non-hydrogen) atoms. The van der Waals surface area contributed by atoms with Gasteiger partial charge in [-0.05, 0) is 153 Å². The molecule has 0 saturated heterocycles. The number of fused-ring (bicyclic) bond motifs is 12. The number of pyridine rings is 2. The fraction of sp³-hybridized carbons (Fsp3) is 0.278. The molecular weight excluding hydrogens is 921 g/mol. The van der Waals surface area contributed by atoms with Gasteiger partial charge in [0.2, 0.25) is 0 Å². The van der Waals surface area contributed by atoms with Crippen molar-refractivity contribution in [1.29, 1.82) is 0 Å². The summed E-state index contributed by atoms with van der Waals surface area (Å²) in [5.74, 6) is 0.0208. The smallest absolute Gasteiger partial charge is 0.0728 e. The average Bonchev–Trinajstić information content (AvgIpc) is 1.89. The lowest BCUT2D eigenvalue weighted by molar-refractivity contribution is 0.414. The van der Waals surface area contributed by atoms with Gasteiger partial charge in [0.1, 0.15) is 0 Å². The highest BCUT2D eigenvalue weighted by atomic mass is 15.0. The molecule has 13 aromatic rings. The van der Waals surface area contributed by atoms with Crippen LogP contribution in [0, 0.1) is 0 Å². The van der Waals surface area contributed by atoms with Gasteiger partial charge in [0.25, 0.3) is 0 Å². The molecule has 0 N–H and O–H groups in total. The molecule has 2 unspecified atom stereocenters. The van der Waals surface area contributed by atoms with Gasteiger partial charge in [-0.3, -0.25) is 9.97 Å². The van der Waals surface area contributed by atoms with Crippen LogP contribution >= 0.6 is 0 Å². The molecule has 4 bridgehead atoms. The number of rotatable bonds is 8. The molecule has 19 rings (SSSR count). The minimum absolute atomic E-state index is 0.0104. The van der Waals surface area contributed by atoms with Gasteiger partial charge in [-0.15, -0.1) is 0 Å². The molecule has 2 atom stereocenters. The van der Waals surface area contributed by atoms with Gasteiger partial charge in [-0.2, -0.15) is 0 Å². The highest BCUT2D eigenvalue weighted by Crippen LogP contribution is 2.63. The van der Waals surface area contributed by atoms with E-state index < -0.39 is 10.8 Å². The number of hydrogen-bond donors (Lipinski definition) is 0. The highest BCUT2D eigenvalue weighted by molar-refractivity contribution is 6.30. The van der Waals surface area contributed by atoms with Gasteiger partial charge in [-0.25, -0.2) is 0 Å². The first-order valence-corrected chi connectivity index (χ1v) is 28.5. The van der Waals surface area contributed by atoms with E-state index in [1.165, 1.54) is 88.3 Å². The van der Waals surface area contributed by atoms with Crippen LogP contribution in [0.2, 0.25) is 0 Å². The molecule has 370 valence electrons. The van der Waals surface area contributed by atoms with Crippen LogP contribution in [0.3, 0.4) is 0 Å². The molecule has 0 fully saturated rings. The number of aromatic nitrogens is 4. The van der Waals surface area contributed by atoms with E-state index in [1.807, 2.05) is 0 Å². The number of nitrogens with zero attached hydrogens (tertiary/aromatic N) is 4. The van der Waals surface area contributed by atoms with Crippen LogP contribution in [0.5, 0.6) is 0 Å². The summed E-state index contributed by atoms with van der Waals surface area (Å²) in [7, 11) is 0. The standard InChI is InChI=1S/C72H62N4/c1-9-29-69(5,11-3)39-31-47-45-35-56-46(36-55(45)75-57-37-73-67-63(61(57)49(33-39)65(47)75)59-41-21-13-17-25-51(41)71(67,7)52-26-18-14-22-42(52)59)48-32-40(70(6,12-4)30-10-2)34-50-62-58(76(56)66(48)50)38-74-68-64(62)60-43-23-15-19-27-53(43)72(68,8)54-28-20-16-24-44(54)60/h13-28,31-38,59-60H,9-12,29-30H2,1-8H3/i35D,36D. The Morgan fingerprint density at radius 2 is 0.816 bits per heavy atom. The zero-order valence-corrected chi connectivity index (χ0v) is 44.9. The molecule has 7 aromatic carbocycles. The average molecular weight is 985 g/mol.